The molecular formula is C24H32FN3OS. The smallest absolute Gasteiger partial charge is 0.123 e. The van der Waals surface area contributed by atoms with Crippen molar-refractivity contribution in [3.63, 3.8) is 0 Å². The predicted molar refractivity (Wildman–Crippen MR) is 120 cm³/mol. The average molecular weight is 430 g/mol. The van der Waals surface area contributed by atoms with Crippen molar-refractivity contribution in [1.82, 2.24) is 9.80 Å². The van der Waals surface area contributed by atoms with Gasteiger partial charge in [0.25, 0.3) is 0 Å². The minimum atomic E-state index is -0.367. The zero-order valence-corrected chi connectivity index (χ0v) is 18.8. The van der Waals surface area contributed by atoms with Crippen molar-refractivity contribution >= 4 is 11.3 Å². The maximum absolute atomic E-state index is 12.9. The van der Waals surface area contributed by atoms with Gasteiger partial charge in [0.15, 0.2) is 0 Å². The van der Waals surface area contributed by atoms with Gasteiger partial charge in [-0.05, 0) is 61.0 Å². The summed E-state index contributed by atoms with van der Waals surface area (Å²) in [5.41, 5.74) is -0.367. The van der Waals surface area contributed by atoms with Crippen LogP contribution in [0.1, 0.15) is 31.6 Å². The zero-order valence-electron chi connectivity index (χ0n) is 18.0. The van der Waals surface area contributed by atoms with E-state index in [0.29, 0.717) is 18.3 Å². The number of thiophene rings is 1. The molecule has 1 aliphatic rings. The molecule has 2 heterocycles. The number of hydrogen-bond donors (Lipinski definition) is 0. The summed E-state index contributed by atoms with van der Waals surface area (Å²) < 4.78 is 18.6. The number of halogens is 1. The standard InChI is InChI=1S/C24H32FN3OS/c1-20(2)24(19-26,23-5-3-18-30-23)10-4-11-27-12-14-28(15-13-27)16-17-29-22-8-6-21(25)7-9-22/h3,5-9,18,20H,4,10-17H2,1-2H3. The van der Waals surface area contributed by atoms with Crippen LogP contribution in [0.2, 0.25) is 0 Å². The molecule has 4 nitrogen and oxygen atoms in total. The molecule has 0 amide bonds. The predicted octanol–water partition coefficient (Wildman–Crippen LogP) is 4.78. The van der Waals surface area contributed by atoms with Crippen LogP contribution < -0.4 is 4.74 Å². The van der Waals surface area contributed by atoms with Gasteiger partial charge in [-0.2, -0.15) is 5.26 Å². The van der Waals surface area contributed by atoms with Crippen molar-refractivity contribution in [3.05, 3.63) is 52.5 Å². The Balaban J connectivity index is 1.37. The summed E-state index contributed by atoms with van der Waals surface area (Å²) in [7, 11) is 0. The third kappa shape index (κ3) is 5.81. The number of nitrogens with zero attached hydrogens (tertiary/aromatic N) is 3. The van der Waals surface area contributed by atoms with E-state index in [9.17, 15) is 9.65 Å². The summed E-state index contributed by atoms with van der Waals surface area (Å²) in [5, 5.41) is 12.0. The molecule has 6 heteroatoms. The van der Waals surface area contributed by atoms with E-state index in [0.717, 1.165) is 52.1 Å². The van der Waals surface area contributed by atoms with E-state index >= 15 is 0 Å². The first-order valence-electron chi connectivity index (χ1n) is 10.8. The summed E-state index contributed by atoms with van der Waals surface area (Å²) in [5.74, 6) is 0.778. The van der Waals surface area contributed by atoms with Crippen LogP contribution in [0.5, 0.6) is 5.75 Å². The Morgan fingerprint density at radius 2 is 1.77 bits per heavy atom. The molecule has 0 spiro atoms. The second kappa shape index (κ2) is 10.9. The molecular weight excluding hydrogens is 397 g/mol. The fourth-order valence-corrected chi connectivity index (χ4v) is 5.16. The van der Waals surface area contributed by atoms with Crippen LogP contribution in [-0.2, 0) is 5.41 Å². The second-order valence-electron chi connectivity index (χ2n) is 8.30. The summed E-state index contributed by atoms with van der Waals surface area (Å²) >= 11 is 1.70. The van der Waals surface area contributed by atoms with Gasteiger partial charge < -0.3 is 9.64 Å². The van der Waals surface area contributed by atoms with E-state index in [1.54, 1.807) is 23.5 Å². The summed E-state index contributed by atoms with van der Waals surface area (Å²) in [6.07, 6.45) is 1.95. The van der Waals surface area contributed by atoms with E-state index in [1.165, 1.54) is 17.0 Å². The summed E-state index contributed by atoms with van der Waals surface area (Å²) in [4.78, 5) is 6.12. The Labute approximate surface area is 183 Å². The normalized spacial score (nSPS) is 17.6. The molecule has 0 N–H and O–H groups in total. The number of piperazine rings is 1. The first-order chi connectivity index (χ1) is 14.5. The lowest BCUT2D eigenvalue weighted by molar-refractivity contribution is 0.114. The Morgan fingerprint density at radius 1 is 1.10 bits per heavy atom. The van der Waals surface area contributed by atoms with Crippen molar-refractivity contribution in [2.24, 2.45) is 5.92 Å². The van der Waals surface area contributed by atoms with Gasteiger partial charge >= 0.3 is 0 Å². The molecule has 1 aliphatic heterocycles. The van der Waals surface area contributed by atoms with Gasteiger partial charge in [-0.3, -0.25) is 4.90 Å². The molecule has 1 aromatic carbocycles. The molecule has 0 radical (unpaired) electrons. The minimum absolute atomic E-state index is 0.241. The first kappa shape index (κ1) is 22.7. The van der Waals surface area contributed by atoms with Crippen molar-refractivity contribution in [2.75, 3.05) is 45.9 Å². The van der Waals surface area contributed by atoms with Gasteiger partial charge in [0.1, 0.15) is 18.2 Å². The van der Waals surface area contributed by atoms with Crippen molar-refractivity contribution < 1.29 is 9.13 Å². The van der Waals surface area contributed by atoms with Gasteiger partial charge in [0, 0.05) is 37.6 Å². The molecule has 1 unspecified atom stereocenters. The molecule has 1 atom stereocenters. The lowest BCUT2D eigenvalue weighted by atomic mass is 9.73. The van der Waals surface area contributed by atoms with E-state index in [-0.39, 0.29) is 11.2 Å². The van der Waals surface area contributed by atoms with E-state index in [1.807, 2.05) is 6.07 Å². The van der Waals surface area contributed by atoms with Gasteiger partial charge in [0.05, 0.1) is 11.5 Å². The van der Waals surface area contributed by atoms with Crippen molar-refractivity contribution in [2.45, 2.75) is 32.1 Å². The molecule has 0 bridgehead atoms. The SMILES string of the molecule is CC(C)C(C#N)(CCCN1CCN(CCOc2ccc(F)cc2)CC1)c1cccs1. The number of hydrogen-bond acceptors (Lipinski definition) is 5. The molecule has 2 aromatic rings. The Kier molecular flexibility index (Phi) is 8.26. The van der Waals surface area contributed by atoms with Crippen molar-refractivity contribution in [1.29, 1.82) is 5.26 Å². The molecule has 1 aromatic heterocycles. The van der Waals surface area contributed by atoms with Gasteiger partial charge in [0.2, 0.25) is 0 Å². The Hall–Kier alpha value is -1.94. The van der Waals surface area contributed by atoms with E-state index in [4.69, 9.17) is 4.74 Å². The number of benzene rings is 1. The quantitative estimate of drug-likeness (QED) is 0.545. The largest absolute Gasteiger partial charge is 0.492 e. The molecule has 0 aliphatic carbocycles. The molecule has 162 valence electrons. The van der Waals surface area contributed by atoms with Gasteiger partial charge in [-0.1, -0.05) is 19.9 Å². The molecule has 1 fully saturated rings. The fourth-order valence-electron chi connectivity index (χ4n) is 4.11. The minimum Gasteiger partial charge on any atom is -0.492 e. The van der Waals surface area contributed by atoms with Crippen LogP contribution in [0.25, 0.3) is 0 Å². The zero-order chi connectivity index (χ0) is 21.4. The second-order valence-corrected chi connectivity index (χ2v) is 9.25. The monoisotopic (exact) mass is 429 g/mol. The number of ether oxygens (including phenoxy) is 1. The third-order valence-corrected chi connectivity index (χ3v) is 7.19. The number of rotatable bonds is 10. The van der Waals surface area contributed by atoms with Crippen molar-refractivity contribution in [3.8, 4) is 11.8 Å². The highest BCUT2D eigenvalue weighted by atomic mass is 32.1. The molecule has 0 saturated carbocycles. The van der Waals surface area contributed by atoms with Crippen LogP contribution >= 0.6 is 11.3 Å². The highest BCUT2D eigenvalue weighted by molar-refractivity contribution is 7.10. The number of nitriles is 1. The van der Waals surface area contributed by atoms with Crippen LogP contribution in [0.3, 0.4) is 0 Å². The van der Waals surface area contributed by atoms with Crippen LogP contribution in [0, 0.1) is 23.1 Å². The van der Waals surface area contributed by atoms with E-state index < -0.39 is 0 Å². The van der Waals surface area contributed by atoms with Crippen LogP contribution in [0.4, 0.5) is 4.39 Å². The highest BCUT2D eigenvalue weighted by Crippen LogP contribution is 2.39. The molecule has 3 rings (SSSR count). The average Bonchev–Trinajstić information content (AvgIpc) is 3.29. The Bertz CT molecular complexity index is 795. The van der Waals surface area contributed by atoms with Gasteiger partial charge in [-0.25, -0.2) is 4.39 Å². The van der Waals surface area contributed by atoms with Gasteiger partial charge in [-0.15, -0.1) is 11.3 Å². The fraction of sp³-hybridized carbons (Fsp3) is 0.542. The first-order valence-corrected chi connectivity index (χ1v) is 11.7. The topological polar surface area (TPSA) is 39.5 Å². The van der Waals surface area contributed by atoms with Crippen LogP contribution in [0.15, 0.2) is 41.8 Å². The maximum Gasteiger partial charge on any atom is 0.123 e. The maximum atomic E-state index is 12.9. The lowest BCUT2D eigenvalue weighted by Gasteiger charge is -2.35. The molecule has 30 heavy (non-hydrogen) atoms. The lowest BCUT2D eigenvalue weighted by Crippen LogP contribution is -2.47. The highest BCUT2D eigenvalue weighted by Gasteiger charge is 2.36. The van der Waals surface area contributed by atoms with E-state index in [2.05, 4.69) is 41.2 Å². The van der Waals surface area contributed by atoms with Crippen LogP contribution in [-0.4, -0.2) is 55.7 Å². The third-order valence-electron chi connectivity index (χ3n) is 6.15. The summed E-state index contributed by atoms with van der Waals surface area (Å²) in [6, 6.07) is 13.0. The summed E-state index contributed by atoms with van der Waals surface area (Å²) in [6.45, 7) is 11.0. The Morgan fingerprint density at radius 3 is 2.33 bits per heavy atom. The molecule has 1 saturated heterocycles.